The van der Waals surface area contributed by atoms with Crippen LogP contribution in [0, 0.1) is 18.2 Å². The van der Waals surface area contributed by atoms with Crippen LogP contribution in [0.5, 0.6) is 0 Å². The van der Waals surface area contributed by atoms with Gasteiger partial charge in [0.2, 0.25) is 0 Å². The molecule has 0 heterocycles. The third-order valence-corrected chi connectivity index (χ3v) is 3.10. The molecule has 0 amide bonds. The van der Waals surface area contributed by atoms with Gasteiger partial charge in [0, 0.05) is 12.2 Å². The summed E-state index contributed by atoms with van der Waals surface area (Å²) < 4.78 is 13.0. The summed E-state index contributed by atoms with van der Waals surface area (Å²) in [7, 11) is 0. The summed E-state index contributed by atoms with van der Waals surface area (Å²) in [6, 6.07) is 4.70. The molecule has 1 aromatic carbocycles. The second kappa shape index (κ2) is 3.77. The molecule has 1 saturated carbocycles. The molecule has 1 fully saturated rings. The highest BCUT2D eigenvalue weighted by Gasteiger charge is 2.49. The molecule has 1 aliphatic carbocycles. The maximum Gasteiger partial charge on any atom is 0.311 e. The quantitative estimate of drug-likeness (QED) is 0.824. The van der Waals surface area contributed by atoms with Crippen LogP contribution in [0.25, 0.3) is 0 Å². The zero-order valence-corrected chi connectivity index (χ0v) is 9.09. The van der Waals surface area contributed by atoms with Crippen molar-refractivity contribution in [2.45, 2.75) is 19.8 Å². The maximum atomic E-state index is 13.0. The maximum absolute atomic E-state index is 13.0. The van der Waals surface area contributed by atoms with Crippen molar-refractivity contribution < 1.29 is 14.3 Å². The lowest BCUT2D eigenvalue weighted by Gasteiger charge is -2.12. The Hall–Kier alpha value is -1.58. The van der Waals surface area contributed by atoms with Gasteiger partial charge in [-0.05, 0) is 43.5 Å². The van der Waals surface area contributed by atoms with E-state index >= 15 is 0 Å². The highest BCUT2D eigenvalue weighted by Crippen LogP contribution is 2.45. The molecule has 1 aromatic rings. The van der Waals surface area contributed by atoms with Gasteiger partial charge in [0.1, 0.15) is 5.82 Å². The van der Waals surface area contributed by atoms with Gasteiger partial charge in [-0.2, -0.15) is 0 Å². The minimum atomic E-state index is -0.751. The number of aryl methyl sites for hydroxylation is 1. The summed E-state index contributed by atoms with van der Waals surface area (Å²) in [4.78, 5) is 10.9. The van der Waals surface area contributed by atoms with E-state index in [-0.39, 0.29) is 5.82 Å². The van der Waals surface area contributed by atoms with E-state index in [4.69, 9.17) is 5.11 Å². The Morgan fingerprint density at radius 1 is 1.56 bits per heavy atom. The summed E-state index contributed by atoms with van der Waals surface area (Å²) in [6.07, 6.45) is 1.44. The van der Waals surface area contributed by atoms with E-state index in [1.54, 1.807) is 19.1 Å². The summed E-state index contributed by atoms with van der Waals surface area (Å²) in [5.74, 6) is -0.997. The Morgan fingerprint density at radius 3 is 2.75 bits per heavy atom. The number of halogens is 1. The molecule has 16 heavy (non-hydrogen) atoms. The normalized spacial score (nSPS) is 16.9. The van der Waals surface area contributed by atoms with Crippen molar-refractivity contribution in [3.8, 4) is 0 Å². The molecule has 2 N–H and O–H groups in total. The Bertz CT molecular complexity index is 427. The molecule has 0 spiro atoms. The molecule has 0 unspecified atom stereocenters. The fourth-order valence-corrected chi connectivity index (χ4v) is 1.64. The zero-order valence-electron chi connectivity index (χ0n) is 9.09. The first kappa shape index (κ1) is 10.9. The van der Waals surface area contributed by atoms with Gasteiger partial charge in [0.05, 0.1) is 5.41 Å². The highest BCUT2D eigenvalue weighted by molar-refractivity contribution is 5.78. The number of aliphatic carboxylic acids is 1. The van der Waals surface area contributed by atoms with E-state index in [1.165, 1.54) is 6.07 Å². The van der Waals surface area contributed by atoms with Crippen molar-refractivity contribution >= 4 is 11.7 Å². The predicted octanol–water partition coefficient (Wildman–Crippen LogP) is 2.41. The van der Waals surface area contributed by atoms with Crippen LogP contribution >= 0.6 is 0 Å². The van der Waals surface area contributed by atoms with Gasteiger partial charge in [-0.3, -0.25) is 4.79 Å². The minimum absolute atomic E-state index is 0.245. The Balaban J connectivity index is 2.00. The van der Waals surface area contributed by atoms with Gasteiger partial charge < -0.3 is 10.4 Å². The van der Waals surface area contributed by atoms with E-state index in [1.807, 2.05) is 0 Å². The zero-order chi connectivity index (χ0) is 11.8. The van der Waals surface area contributed by atoms with Crippen molar-refractivity contribution in [1.82, 2.24) is 0 Å². The SMILES string of the molecule is Cc1cc(NCC2(C(=O)O)CC2)ccc1F. The molecule has 86 valence electrons. The average molecular weight is 223 g/mol. The van der Waals surface area contributed by atoms with Crippen LogP contribution in [-0.4, -0.2) is 17.6 Å². The topological polar surface area (TPSA) is 49.3 Å². The van der Waals surface area contributed by atoms with Crippen LogP contribution < -0.4 is 5.32 Å². The highest BCUT2D eigenvalue weighted by atomic mass is 19.1. The third kappa shape index (κ3) is 2.01. The van der Waals surface area contributed by atoms with Gasteiger partial charge in [-0.1, -0.05) is 0 Å². The van der Waals surface area contributed by atoms with Crippen molar-refractivity contribution in [2.75, 3.05) is 11.9 Å². The number of carboxylic acid groups (broad SMARTS) is 1. The van der Waals surface area contributed by atoms with Gasteiger partial charge in [0.25, 0.3) is 0 Å². The number of carboxylic acids is 1. The average Bonchev–Trinajstić information content (AvgIpc) is 3.01. The first-order valence-electron chi connectivity index (χ1n) is 5.27. The second-order valence-electron chi connectivity index (χ2n) is 4.40. The largest absolute Gasteiger partial charge is 0.481 e. The summed E-state index contributed by atoms with van der Waals surface area (Å²) in [5, 5.41) is 12.0. The van der Waals surface area contributed by atoms with Crippen molar-refractivity contribution in [2.24, 2.45) is 5.41 Å². The first-order chi connectivity index (χ1) is 7.53. The predicted molar refractivity (Wildman–Crippen MR) is 58.9 cm³/mol. The number of hydrogen-bond acceptors (Lipinski definition) is 2. The molecular weight excluding hydrogens is 209 g/mol. The van der Waals surface area contributed by atoms with E-state index in [9.17, 15) is 9.18 Å². The number of nitrogens with one attached hydrogen (secondary N) is 1. The smallest absolute Gasteiger partial charge is 0.311 e. The summed E-state index contributed by atoms with van der Waals surface area (Å²) >= 11 is 0. The van der Waals surface area contributed by atoms with Crippen LogP contribution in [0.15, 0.2) is 18.2 Å². The van der Waals surface area contributed by atoms with E-state index in [0.717, 1.165) is 18.5 Å². The standard InChI is InChI=1S/C12H14FNO2/c1-8-6-9(2-3-10(8)13)14-7-12(4-5-12)11(15)16/h2-3,6,14H,4-5,7H2,1H3,(H,15,16). The lowest BCUT2D eigenvalue weighted by Crippen LogP contribution is -2.24. The minimum Gasteiger partial charge on any atom is -0.481 e. The lowest BCUT2D eigenvalue weighted by molar-refractivity contribution is -0.142. The summed E-state index contributed by atoms with van der Waals surface area (Å²) in [5.41, 5.74) is 0.735. The molecule has 0 radical (unpaired) electrons. The molecule has 0 aliphatic heterocycles. The monoisotopic (exact) mass is 223 g/mol. The number of benzene rings is 1. The van der Waals surface area contributed by atoms with Gasteiger partial charge in [-0.25, -0.2) is 4.39 Å². The van der Waals surface area contributed by atoms with Gasteiger partial charge in [-0.15, -0.1) is 0 Å². The molecule has 3 nitrogen and oxygen atoms in total. The van der Waals surface area contributed by atoms with Crippen molar-refractivity contribution in [3.63, 3.8) is 0 Å². The van der Waals surface area contributed by atoms with Crippen LogP contribution in [-0.2, 0) is 4.79 Å². The van der Waals surface area contributed by atoms with E-state index in [2.05, 4.69) is 5.32 Å². The lowest BCUT2D eigenvalue weighted by atomic mass is 10.1. The summed E-state index contributed by atoms with van der Waals surface area (Å²) in [6.45, 7) is 2.10. The van der Waals surface area contributed by atoms with Crippen LogP contribution in [0.3, 0.4) is 0 Å². The molecule has 0 atom stereocenters. The number of anilines is 1. The number of rotatable bonds is 4. The molecule has 4 heteroatoms. The van der Waals surface area contributed by atoms with Crippen molar-refractivity contribution in [1.29, 1.82) is 0 Å². The van der Waals surface area contributed by atoms with E-state index < -0.39 is 11.4 Å². The fraction of sp³-hybridized carbons (Fsp3) is 0.417. The Morgan fingerprint density at radius 2 is 2.25 bits per heavy atom. The van der Waals surface area contributed by atoms with Crippen LogP contribution in [0.4, 0.5) is 10.1 Å². The van der Waals surface area contributed by atoms with E-state index in [0.29, 0.717) is 12.1 Å². The molecular formula is C12H14FNO2. The molecule has 0 aromatic heterocycles. The third-order valence-electron chi connectivity index (χ3n) is 3.10. The van der Waals surface area contributed by atoms with Crippen molar-refractivity contribution in [3.05, 3.63) is 29.6 Å². The Kier molecular flexibility index (Phi) is 2.58. The molecule has 0 bridgehead atoms. The first-order valence-corrected chi connectivity index (χ1v) is 5.27. The van der Waals surface area contributed by atoms with Gasteiger partial charge in [0.15, 0.2) is 0 Å². The molecule has 0 saturated heterocycles. The molecule has 2 rings (SSSR count). The number of hydrogen-bond donors (Lipinski definition) is 2. The van der Waals surface area contributed by atoms with Crippen LogP contribution in [0.1, 0.15) is 18.4 Å². The van der Waals surface area contributed by atoms with Crippen LogP contribution in [0.2, 0.25) is 0 Å². The Labute approximate surface area is 93.3 Å². The molecule has 1 aliphatic rings. The fourth-order valence-electron chi connectivity index (χ4n) is 1.64. The second-order valence-corrected chi connectivity index (χ2v) is 4.40. The number of carbonyl (C=O) groups is 1. The van der Waals surface area contributed by atoms with Gasteiger partial charge >= 0.3 is 5.97 Å².